The number of hydrogen-bond donors (Lipinski definition) is 3. The second kappa shape index (κ2) is 6.74. The van der Waals surface area contributed by atoms with Gasteiger partial charge in [-0.3, -0.25) is 20.8 Å². The average molecular weight is 311 g/mol. The fourth-order valence-corrected chi connectivity index (χ4v) is 1.28. The molecule has 9 nitrogen and oxygen atoms in total. The van der Waals surface area contributed by atoms with E-state index in [1.54, 1.807) is 20.8 Å². The van der Waals surface area contributed by atoms with E-state index in [1.807, 2.05) is 5.32 Å². The van der Waals surface area contributed by atoms with Crippen molar-refractivity contribution in [1.29, 1.82) is 5.41 Å². The van der Waals surface area contributed by atoms with Crippen LogP contribution in [-0.2, 0) is 9.47 Å². The van der Waals surface area contributed by atoms with Crippen LogP contribution in [0.2, 0.25) is 0 Å². The highest BCUT2D eigenvalue weighted by Gasteiger charge is 2.20. The lowest BCUT2D eigenvalue weighted by atomic mass is 10.2. The number of rotatable bonds is 2. The van der Waals surface area contributed by atoms with E-state index in [4.69, 9.17) is 14.6 Å². The van der Waals surface area contributed by atoms with Crippen molar-refractivity contribution in [3.05, 3.63) is 23.7 Å². The van der Waals surface area contributed by atoms with Gasteiger partial charge in [0.2, 0.25) is 11.7 Å². The van der Waals surface area contributed by atoms with Crippen LogP contribution >= 0.6 is 0 Å². The molecule has 1 rings (SSSR count). The molecule has 0 fully saturated rings. The Balaban J connectivity index is 2.57. The van der Waals surface area contributed by atoms with Crippen LogP contribution in [0.15, 0.2) is 16.5 Å². The predicted octanol–water partition coefficient (Wildman–Crippen LogP) is 1.26. The molecule has 0 aliphatic rings. The van der Waals surface area contributed by atoms with Gasteiger partial charge in [-0.05, 0) is 32.9 Å². The summed E-state index contributed by atoms with van der Waals surface area (Å²) < 4.78 is 14.3. The zero-order chi connectivity index (χ0) is 16.9. The van der Waals surface area contributed by atoms with Crippen molar-refractivity contribution in [2.24, 2.45) is 0 Å². The molecule has 9 heteroatoms. The van der Waals surface area contributed by atoms with Gasteiger partial charge in [-0.1, -0.05) is 0 Å². The largest absolute Gasteiger partial charge is 0.463 e. The van der Waals surface area contributed by atoms with Crippen molar-refractivity contribution in [2.75, 3.05) is 7.11 Å². The Morgan fingerprint density at radius 3 is 2.27 bits per heavy atom. The monoisotopic (exact) mass is 311 g/mol. The molecule has 120 valence electrons. The highest BCUT2D eigenvalue weighted by molar-refractivity contribution is 6.07. The van der Waals surface area contributed by atoms with Crippen molar-refractivity contribution < 1.29 is 28.3 Å². The zero-order valence-corrected chi connectivity index (χ0v) is 12.6. The van der Waals surface area contributed by atoms with Crippen LogP contribution in [0.4, 0.5) is 4.79 Å². The molecule has 0 saturated carbocycles. The molecular weight excluding hydrogens is 294 g/mol. The van der Waals surface area contributed by atoms with Gasteiger partial charge in [0.15, 0.2) is 5.76 Å². The van der Waals surface area contributed by atoms with E-state index in [9.17, 15) is 14.4 Å². The lowest BCUT2D eigenvalue weighted by molar-refractivity contribution is 0.0554. The molecule has 0 spiro atoms. The molecule has 2 amide bonds. The Morgan fingerprint density at radius 2 is 1.73 bits per heavy atom. The zero-order valence-electron chi connectivity index (χ0n) is 12.6. The second-order valence-electron chi connectivity index (χ2n) is 5.11. The Labute approximate surface area is 126 Å². The number of guanidine groups is 1. The first-order chi connectivity index (χ1) is 10.1. The first-order valence-electron chi connectivity index (χ1n) is 6.20. The number of ether oxygens (including phenoxy) is 2. The van der Waals surface area contributed by atoms with Crippen molar-refractivity contribution >= 4 is 23.9 Å². The third kappa shape index (κ3) is 5.27. The maximum absolute atomic E-state index is 11.8. The molecule has 0 aliphatic heterocycles. The molecule has 0 saturated heterocycles. The Hall–Kier alpha value is -2.84. The predicted molar refractivity (Wildman–Crippen MR) is 74.6 cm³/mol. The van der Waals surface area contributed by atoms with Gasteiger partial charge in [-0.2, -0.15) is 0 Å². The minimum Gasteiger partial charge on any atom is -0.463 e. The number of carbonyl (C=O) groups is 3. The minimum atomic E-state index is -0.882. The fraction of sp³-hybridized carbons (Fsp3) is 0.385. The van der Waals surface area contributed by atoms with Crippen molar-refractivity contribution in [3.63, 3.8) is 0 Å². The standard InChI is InChI=1S/C13H17N3O6/c1-13(2,3)22-12(19)16-11(14)15-9(17)7-5-6-8(21-7)10(18)20-4/h5-6H,1-4H3,(H3,14,15,16,17,19). The number of carbonyl (C=O) groups excluding carboxylic acids is 3. The van der Waals surface area contributed by atoms with Gasteiger partial charge in [0.05, 0.1) is 7.11 Å². The molecule has 1 aromatic heterocycles. The van der Waals surface area contributed by atoms with E-state index in [2.05, 4.69) is 10.1 Å². The number of alkyl carbamates (subject to hydrolysis) is 1. The van der Waals surface area contributed by atoms with Gasteiger partial charge in [-0.15, -0.1) is 0 Å². The summed E-state index contributed by atoms with van der Waals surface area (Å²) in [7, 11) is 1.17. The Bertz CT molecular complexity index is 599. The van der Waals surface area contributed by atoms with Gasteiger partial charge < -0.3 is 13.9 Å². The summed E-state index contributed by atoms with van der Waals surface area (Å²) in [4.78, 5) is 34.4. The molecule has 0 bridgehead atoms. The van der Waals surface area contributed by atoms with Gasteiger partial charge >= 0.3 is 12.1 Å². The molecule has 22 heavy (non-hydrogen) atoms. The Kier molecular flexibility index (Phi) is 5.28. The molecule has 1 heterocycles. The Morgan fingerprint density at radius 1 is 1.14 bits per heavy atom. The SMILES string of the molecule is COC(=O)c1ccc(C(=O)NC(=N)NC(=O)OC(C)(C)C)o1. The van der Waals surface area contributed by atoms with Crippen LogP contribution in [-0.4, -0.2) is 36.6 Å². The summed E-state index contributed by atoms with van der Waals surface area (Å²) in [5.41, 5.74) is -0.731. The van der Waals surface area contributed by atoms with Crippen LogP contribution in [0.1, 0.15) is 41.9 Å². The molecule has 0 unspecified atom stereocenters. The van der Waals surface area contributed by atoms with Crippen LogP contribution in [0.5, 0.6) is 0 Å². The number of furan rings is 1. The smallest absolute Gasteiger partial charge is 0.414 e. The molecule has 3 N–H and O–H groups in total. The van der Waals surface area contributed by atoms with E-state index < -0.39 is 29.5 Å². The highest BCUT2D eigenvalue weighted by atomic mass is 16.6. The minimum absolute atomic E-state index is 0.153. The third-order valence-corrected chi connectivity index (χ3v) is 2.08. The van der Waals surface area contributed by atoms with Gasteiger partial charge in [0, 0.05) is 0 Å². The highest BCUT2D eigenvalue weighted by Crippen LogP contribution is 2.09. The van der Waals surface area contributed by atoms with Crippen LogP contribution in [0.3, 0.4) is 0 Å². The number of amides is 2. The van der Waals surface area contributed by atoms with Crippen LogP contribution < -0.4 is 10.6 Å². The van der Waals surface area contributed by atoms with E-state index in [-0.39, 0.29) is 11.5 Å². The maximum atomic E-state index is 11.8. The van der Waals surface area contributed by atoms with Crippen molar-refractivity contribution in [3.8, 4) is 0 Å². The van der Waals surface area contributed by atoms with Gasteiger partial charge in [0.25, 0.3) is 5.91 Å². The maximum Gasteiger partial charge on any atom is 0.414 e. The number of hydrogen-bond acceptors (Lipinski definition) is 7. The summed E-state index contributed by atoms with van der Waals surface area (Å²) in [5.74, 6) is -2.50. The first kappa shape index (κ1) is 17.2. The average Bonchev–Trinajstić information content (AvgIpc) is 2.84. The molecule has 0 aromatic carbocycles. The number of esters is 1. The quantitative estimate of drug-likeness (QED) is 0.428. The van der Waals surface area contributed by atoms with Crippen molar-refractivity contribution in [1.82, 2.24) is 10.6 Å². The van der Waals surface area contributed by atoms with Crippen LogP contribution in [0.25, 0.3) is 0 Å². The molecule has 0 aliphatic carbocycles. The summed E-state index contributed by atoms with van der Waals surface area (Å²) >= 11 is 0. The number of methoxy groups -OCH3 is 1. The van der Waals surface area contributed by atoms with E-state index in [1.165, 1.54) is 19.2 Å². The summed E-state index contributed by atoms with van der Waals surface area (Å²) in [5, 5.41) is 11.6. The van der Waals surface area contributed by atoms with E-state index in [0.717, 1.165) is 0 Å². The van der Waals surface area contributed by atoms with E-state index >= 15 is 0 Å². The van der Waals surface area contributed by atoms with Crippen molar-refractivity contribution in [2.45, 2.75) is 26.4 Å². The molecule has 0 atom stereocenters. The summed E-state index contributed by atoms with van der Waals surface area (Å²) in [6.45, 7) is 4.98. The summed E-state index contributed by atoms with van der Waals surface area (Å²) in [6.07, 6.45) is -0.882. The molecule has 0 radical (unpaired) electrons. The topological polar surface area (TPSA) is 131 Å². The van der Waals surface area contributed by atoms with E-state index in [0.29, 0.717) is 0 Å². The normalized spacial score (nSPS) is 10.5. The van der Waals surface area contributed by atoms with Gasteiger partial charge in [-0.25, -0.2) is 9.59 Å². The number of nitrogens with one attached hydrogen (secondary N) is 3. The second-order valence-corrected chi connectivity index (χ2v) is 5.11. The molecular formula is C13H17N3O6. The van der Waals surface area contributed by atoms with Crippen LogP contribution in [0, 0.1) is 5.41 Å². The van der Waals surface area contributed by atoms with Gasteiger partial charge in [0.1, 0.15) is 5.60 Å². The first-order valence-corrected chi connectivity index (χ1v) is 6.20. The summed E-state index contributed by atoms with van der Waals surface area (Å²) in [6, 6.07) is 2.49. The lowest BCUT2D eigenvalue weighted by Gasteiger charge is -2.19. The third-order valence-electron chi connectivity index (χ3n) is 2.08. The molecule has 1 aromatic rings. The lowest BCUT2D eigenvalue weighted by Crippen LogP contribution is -2.45. The fourth-order valence-electron chi connectivity index (χ4n) is 1.28.